The molecular weight excluding hydrogens is 431 g/mol. The van der Waals surface area contributed by atoms with Gasteiger partial charge in [0.1, 0.15) is 0 Å². The van der Waals surface area contributed by atoms with Gasteiger partial charge in [-0.15, -0.1) is 0 Å². The molecule has 6 heteroatoms. The SMILES string of the molecule is Cc1ccc(NC(=O)/C=C/c2cccc(Cl)c2)c(NC(=O)/C=C/c2cccc(Cl)c2)c1. The summed E-state index contributed by atoms with van der Waals surface area (Å²) in [6.07, 6.45) is 6.17. The number of benzene rings is 3. The van der Waals surface area contributed by atoms with Crippen LogP contribution in [-0.2, 0) is 9.59 Å². The third-order valence-corrected chi connectivity index (χ3v) is 4.71. The molecule has 2 N–H and O–H groups in total. The van der Waals surface area contributed by atoms with E-state index in [9.17, 15) is 9.59 Å². The number of anilines is 2. The first-order valence-electron chi connectivity index (χ1n) is 9.49. The summed E-state index contributed by atoms with van der Waals surface area (Å²) in [6, 6.07) is 19.8. The average molecular weight is 451 g/mol. The second-order valence-corrected chi connectivity index (χ2v) is 7.68. The highest BCUT2D eigenvalue weighted by Gasteiger charge is 2.08. The topological polar surface area (TPSA) is 58.2 Å². The molecule has 3 aromatic carbocycles. The van der Waals surface area contributed by atoms with E-state index in [1.54, 1.807) is 48.6 Å². The Hall–Kier alpha value is -3.34. The van der Waals surface area contributed by atoms with E-state index in [0.29, 0.717) is 21.4 Å². The molecular formula is C25H20Cl2N2O2. The first kappa shape index (κ1) is 22.3. The monoisotopic (exact) mass is 450 g/mol. The predicted molar refractivity (Wildman–Crippen MR) is 129 cm³/mol. The van der Waals surface area contributed by atoms with Gasteiger partial charge in [0.2, 0.25) is 11.8 Å². The Morgan fingerprint density at radius 1 is 0.710 bits per heavy atom. The van der Waals surface area contributed by atoms with Crippen molar-refractivity contribution in [1.82, 2.24) is 0 Å². The molecule has 0 heterocycles. The Morgan fingerprint density at radius 3 is 1.74 bits per heavy atom. The normalized spacial score (nSPS) is 11.1. The molecule has 4 nitrogen and oxygen atoms in total. The van der Waals surface area contributed by atoms with Gasteiger partial charge in [0.15, 0.2) is 0 Å². The number of carbonyl (C=O) groups excluding carboxylic acids is 2. The lowest BCUT2D eigenvalue weighted by Gasteiger charge is -2.11. The molecule has 3 aromatic rings. The maximum Gasteiger partial charge on any atom is 0.248 e. The predicted octanol–water partition coefficient (Wildman–Crippen LogP) is 6.61. The van der Waals surface area contributed by atoms with Gasteiger partial charge in [-0.05, 0) is 72.2 Å². The molecule has 3 rings (SSSR count). The summed E-state index contributed by atoms with van der Waals surface area (Å²) in [7, 11) is 0. The number of hydrogen-bond acceptors (Lipinski definition) is 2. The molecule has 0 unspecified atom stereocenters. The summed E-state index contributed by atoms with van der Waals surface area (Å²) in [5.41, 5.74) is 3.57. The van der Waals surface area contributed by atoms with Crippen LogP contribution < -0.4 is 10.6 Å². The van der Waals surface area contributed by atoms with Crippen molar-refractivity contribution in [3.63, 3.8) is 0 Å². The van der Waals surface area contributed by atoms with Crippen molar-refractivity contribution in [3.8, 4) is 0 Å². The highest BCUT2D eigenvalue weighted by atomic mass is 35.5. The second-order valence-electron chi connectivity index (χ2n) is 6.80. The van der Waals surface area contributed by atoms with Gasteiger partial charge in [0.25, 0.3) is 0 Å². The van der Waals surface area contributed by atoms with Crippen molar-refractivity contribution in [2.24, 2.45) is 0 Å². The van der Waals surface area contributed by atoms with Gasteiger partial charge >= 0.3 is 0 Å². The summed E-state index contributed by atoms with van der Waals surface area (Å²) in [5, 5.41) is 6.79. The zero-order valence-electron chi connectivity index (χ0n) is 16.7. The van der Waals surface area contributed by atoms with Crippen molar-refractivity contribution < 1.29 is 9.59 Å². The van der Waals surface area contributed by atoms with Gasteiger partial charge in [-0.25, -0.2) is 0 Å². The summed E-state index contributed by atoms with van der Waals surface area (Å²) in [5.74, 6) is -0.649. The van der Waals surface area contributed by atoms with Crippen LogP contribution in [0, 0.1) is 6.92 Å². The van der Waals surface area contributed by atoms with Crippen LogP contribution >= 0.6 is 23.2 Å². The number of carbonyl (C=O) groups is 2. The minimum absolute atomic E-state index is 0.324. The van der Waals surface area contributed by atoms with E-state index < -0.39 is 0 Å². The van der Waals surface area contributed by atoms with E-state index in [2.05, 4.69) is 10.6 Å². The van der Waals surface area contributed by atoms with Crippen LogP contribution in [0.2, 0.25) is 10.0 Å². The van der Waals surface area contributed by atoms with Crippen LogP contribution in [0.3, 0.4) is 0 Å². The van der Waals surface area contributed by atoms with Gasteiger partial charge in [-0.1, -0.05) is 53.5 Å². The standard InChI is InChI=1S/C25H20Cl2N2O2/c1-17-8-11-22(28-24(30)12-9-18-4-2-6-20(26)15-18)23(14-17)29-25(31)13-10-19-5-3-7-21(27)16-19/h2-16H,1H3,(H,28,30)(H,29,31)/b12-9+,13-10+. The molecule has 0 aliphatic rings. The summed E-state index contributed by atoms with van der Waals surface area (Å²) >= 11 is 11.9. The third-order valence-electron chi connectivity index (χ3n) is 4.24. The molecule has 0 atom stereocenters. The first-order valence-corrected chi connectivity index (χ1v) is 10.2. The molecule has 0 spiro atoms. The fraction of sp³-hybridized carbons (Fsp3) is 0.0400. The number of amides is 2. The largest absolute Gasteiger partial charge is 0.321 e. The molecule has 0 saturated carbocycles. The number of halogens is 2. The summed E-state index contributed by atoms with van der Waals surface area (Å²) in [6.45, 7) is 1.90. The van der Waals surface area contributed by atoms with Crippen LogP contribution in [0.5, 0.6) is 0 Å². The molecule has 2 amide bonds. The molecule has 0 aliphatic heterocycles. The fourth-order valence-corrected chi connectivity index (χ4v) is 3.18. The van der Waals surface area contributed by atoms with Crippen molar-refractivity contribution in [2.75, 3.05) is 10.6 Å². The minimum Gasteiger partial charge on any atom is -0.321 e. The molecule has 156 valence electrons. The number of aryl methyl sites for hydroxylation is 1. The van der Waals surface area contributed by atoms with E-state index in [0.717, 1.165) is 16.7 Å². The third kappa shape index (κ3) is 7.14. The van der Waals surface area contributed by atoms with E-state index in [4.69, 9.17) is 23.2 Å². The lowest BCUT2D eigenvalue weighted by molar-refractivity contribution is -0.112. The van der Waals surface area contributed by atoms with Crippen LogP contribution in [0.4, 0.5) is 11.4 Å². The van der Waals surface area contributed by atoms with Crippen LogP contribution in [0.15, 0.2) is 78.9 Å². The molecule has 0 radical (unpaired) electrons. The first-order chi connectivity index (χ1) is 14.9. The van der Waals surface area contributed by atoms with Crippen LogP contribution in [-0.4, -0.2) is 11.8 Å². The van der Waals surface area contributed by atoms with Crippen LogP contribution in [0.25, 0.3) is 12.2 Å². The fourth-order valence-electron chi connectivity index (χ4n) is 2.78. The van der Waals surface area contributed by atoms with E-state index in [1.165, 1.54) is 12.2 Å². The number of hydrogen-bond donors (Lipinski definition) is 2. The smallest absolute Gasteiger partial charge is 0.248 e. The van der Waals surface area contributed by atoms with Gasteiger partial charge in [-0.2, -0.15) is 0 Å². The van der Waals surface area contributed by atoms with Crippen molar-refractivity contribution >= 4 is 58.5 Å². The molecule has 0 saturated heterocycles. The highest BCUT2D eigenvalue weighted by molar-refractivity contribution is 6.31. The molecule has 0 aliphatic carbocycles. The molecule has 0 fully saturated rings. The maximum atomic E-state index is 12.4. The van der Waals surface area contributed by atoms with E-state index >= 15 is 0 Å². The highest BCUT2D eigenvalue weighted by Crippen LogP contribution is 2.23. The van der Waals surface area contributed by atoms with Gasteiger partial charge in [0.05, 0.1) is 11.4 Å². The van der Waals surface area contributed by atoms with Gasteiger partial charge < -0.3 is 10.6 Å². The Morgan fingerprint density at radius 2 is 1.23 bits per heavy atom. The summed E-state index contributed by atoms with van der Waals surface area (Å²) < 4.78 is 0. The molecule has 31 heavy (non-hydrogen) atoms. The minimum atomic E-state index is -0.325. The quantitative estimate of drug-likeness (QED) is 0.415. The molecule has 0 aromatic heterocycles. The maximum absolute atomic E-state index is 12.4. The second kappa shape index (κ2) is 10.6. The van der Waals surface area contributed by atoms with Gasteiger partial charge in [-0.3, -0.25) is 9.59 Å². The Labute approximate surface area is 191 Å². The lowest BCUT2D eigenvalue weighted by atomic mass is 10.1. The number of rotatable bonds is 6. The van der Waals surface area contributed by atoms with Gasteiger partial charge in [0, 0.05) is 22.2 Å². The zero-order valence-corrected chi connectivity index (χ0v) is 18.2. The zero-order chi connectivity index (χ0) is 22.2. The van der Waals surface area contributed by atoms with E-state index in [-0.39, 0.29) is 11.8 Å². The average Bonchev–Trinajstić information content (AvgIpc) is 2.73. The Balaban J connectivity index is 1.69. The van der Waals surface area contributed by atoms with E-state index in [1.807, 2.05) is 37.3 Å². The van der Waals surface area contributed by atoms with Crippen molar-refractivity contribution in [3.05, 3.63) is 106 Å². The molecule has 0 bridgehead atoms. The Bertz CT molecular complexity index is 1170. The van der Waals surface area contributed by atoms with Crippen LogP contribution in [0.1, 0.15) is 16.7 Å². The lowest BCUT2D eigenvalue weighted by Crippen LogP contribution is -2.13. The Kier molecular flexibility index (Phi) is 7.65. The van der Waals surface area contributed by atoms with Crippen molar-refractivity contribution in [2.45, 2.75) is 6.92 Å². The number of nitrogens with one attached hydrogen (secondary N) is 2. The summed E-state index contributed by atoms with van der Waals surface area (Å²) in [4.78, 5) is 24.8. The van der Waals surface area contributed by atoms with Crippen molar-refractivity contribution in [1.29, 1.82) is 0 Å².